The summed E-state index contributed by atoms with van der Waals surface area (Å²) in [6, 6.07) is 13.8. The summed E-state index contributed by atoms with van der Waals surface area (Å²) in [5, 5.41) is 8.41. The Bertz CT molecular complexity index is 936. The average molecular weight is 325 g/mol. The minimum absolute atomic E-state index is 0.168. The molecule has 24 heavy (non-hydrogen) atoms. The fourth-order valence-electron chi connectivity index (χ4n) is 2.28. The van der Waals surface area contributed by atoms with Gasteiger partial charge in [-0.3, -0.25) is 4.79 Å². The molecule has 0 bridgehead atoms. The first-order valence-electron chi connectivity index (χ1n) is 7.33. The van der Waals surface area contributed by atoms with Crippen molar-refractivity contribution in [2.45, 2.75) is 6.54 Å². The van der Waals surface area contributed by atoms with Gasteiger partial charge in [0.05, 0.1) is 19.0 Å². The van der Waals surface area contributed by atoms with Gasteiger partial charge in [-0.05, 0) is 24.3 Å². The summed E-state index contributed by atoms with van der Waals surface area (Å²) < 4.78 is 11.6. The zero-order chi connectivity index (χ0) is 16.9. The monoisotopic (exact) mass is 325 g/mol. The fraction of sp³-hybridized carbons (Fsp3) is 0.176. The molecule has 0 saturated carbocycles. The van der Waals surface area contributed by atoms with E-state index in [0.717, 1.165) is 0 Å². The van der Waals surface area contributed by atoms with E-state index in [1.54, 1.807) is 48.5 Å². The second-order valence-corrected chi connectivity index (χ2v) is 4.97. The molecule has 122 valence electrons. The maximum Gasteiger partial charge on any atom is 0.341 e. The molecule has 0 unspecified atom stereocenters. The first kappa shape index (κ1) is 15.7. The Hall–Kier alpha value is -3.22. The third-order valence-corrected chi connectivity index (χ3v) is 3.48. The van der Waals surface area contributed by atoms with E-state index in [-0.39, 0.29) is 18.7 Å². The van der Waals surface area contributed by atoms with Crippen molar-refractivity contribution in [2.24, 2.45) is 0 Å². The zero-order valence-corrected chi connectivity index (χ0v) is 13.0. The van der Waals surface area contributed by atoms with Gasteiger partial charge in [0.2, 0.25) is 0 Å². The Morgan fingerprint density at radius 3 is 2.71 bits per heavy atom. The van der Waals surface area contributed by atoms with Crippen molar-refractivity contribution >= 4 is 16.9 Å². The number of hydrogen-bond acceptors (Lipinski definition) is 6. The predicted molar refractivity (Wildman–Crippen MR) is 87.1 cm³/mol. The highest BCUT2D eigenvalue weighted by Crippen LogP contribution is 2.18. The number of esters is 1. The second kappa shape index (κ2) is 6.91. The number of carbonyl (C=O) groups is 1. The van der Waals surface area contributed by atoms with Crippen LogP contribution in [0.3, 0.4) is 0 Å². The summed E-state index contributed by atoms with van der Waals surface area (Å²) in [4.78, 5) is 24.0. The summed E-state index contributed by atoms with van der Waals surface area (Å²) in [5.41, 5.74) is 0.651. The third-order valence-electron chi connectivity index (χ3n) is 3.48. The highest BCUT2D eigenvalue weighted by molar-refractivity contribution is 5.92. The number of nitrogens with zero attached hydrogens (tertiary/aromatic N) is 3. The molecule has 0 N–H and O–H groups in total. The van der Waals surface area contributed by atoms with Crippen molar-refractivity contribution in [1.29, 1.82) is 0 Å². The summed E-state index contributed by atoms with van der Waals surface area (Å²) >= 11 is 0. The van der Waals surface area contributed by atoms with Gasteiger partial charge in [0.25, 0.3) is 5.56 Å². The maximum atomic E-state index is 12.3. The lowest BCUT2D eigenvalue weighted by Gasteiger charge is -2.10. The summed E-state index contributed by atoms with van der Waals surface area (Å²) in [6.45, 7) is 0.382. The fourth-order valence-corrected chi connectivity index (χ4v) is 2.28. The first-order chi connectivity index (χ1) is 11.7. The van der Waals surface area contributed by atoms with Gasteiger partial charge >= 0.3 is 5.97 Å². The maximum absolute atomic E-state index is 12.3. The van der Waals surface area contributed by atoms with Gasteiger partial charge in [-0.1, -0.05) is 29.5 Å². The van der Waals surface area contributed by atoms with Crippen molar-refractivity contribution in [1.82, 2.24) is 15.0 Å². The molecule has 0 spiro atoms. The normalized spacial score (nSPS) is 10.5. The standard InChI is InChI=1S/C17H15N3O4/c1-23-17(22)13-7-3-5-9-15(13)24-11-10-20-16(21)12-6-2-4-8-14(12)18-19-20/h2-9H,10-11H2,1H3. The minimum atomic E-state index is -0.478. The van der Waals surface area contributed by atoms with Gasteiger partial charge in [-0.25, -0.2) is 9.48 Å². The van der Waals surface area contributed by atoms with Crippen molar-refractivity contribution in [3.63, 3.8) is 0 Å². The highest BCUT2D eigenvalue weighted by Gasteiger charge is 2.12. The van der Waals surface area contributed by atoms with Crippen LogP contribution in [0.25, 0.3) is 10.9 Å². The van der Waals surface area contributed by atoms with Gasteiger partial charge in [0.15, 0.2) is 0 Å². The molecule has 3 rings (SSSR count). The van der Waals surface area contributed by atoms with Crippen LogP contribution in [-0.4, -0.2) is 34.7 Å². The molecule has 0 amide bonds. The van der Waals surface area contributed by atoms with Crippen LogP contribution in [0.1, 0.15) is 10.4 Å². The predicted octanol–water partition coefficient (Wildman–Crippen LogP) is 1.66. The number of ether oxygens (including phenoxy) is 2. The highest BCUT2D eigenvalue weighted by atomic mass is 16.5. The topological polar surface area (TPSA) is 83.3 Å². The lowest BCUT2D eigenvalue weighted by Crippen LogP contribution is -2.27. The van der Waals surface area contributed by atoms with E-state index in [2.05, 4.69) is 10.3 Å². The van der Waals surface area contributed by atoms with Gasteiger partial charge in [0, 0.05) is 0 Å². The molecule has 1 heterocycles. The van der Waals surface area contributed by atoms with Crippen LogP contribution in [0.2, 0.25) is 0 Å². The van der Waals surface area contributed by atoms with E-state index >= 15 is 0 Å². The molecule has 0 aliphatic rings. The van der Waals surface area contributed by atoms with E-state index in [0.29, 0.717) is 22.2 Å². The average Bonchev–Trinajstić information content (AvgIpc) is 2.63. The number of benzene rings is 2. The Morgan fingerprint density at radius 2 is 1.88 bits per heavy atom. The van der Waals surface area contributed by atoms with Crippen molar-refractivity contribution in [3.8, 4) is 5.75 Å². The van der Waals surface area contributed by atoms with E-state index in [4.69, 9.17) is 9.47 Å². The third kappa shape index (κ3) is 3.10. The molecule has 7 heteroatoms. The lowest BCUT2D eigenvalue weighted by atomic mass is 10.2. The van der Waals surface area contributed by atoms with Gasteiger partial charge in [0.1, 0.15) is 23.4 Å². The zero-order valence-electron chi connectivity index (χ0n) is 13.0. The molecule has 7 nitrogen and oxygen atoms in total. The number of hydrogen-bond donors (Lipinski definition) is 0. The van der Waals surface area contributed by atoms with Gasteiger partial charge in [-0.15, -0.1) is 5.10 Å². The second-order valence-electron chi connectivity index (χ2n) is 4.97. The number of para-hydroxylation sites is 1. The summed E-state index contributed by atoms with van der Waals surface area (Å²) in [7, 11) is 1.31. The molecule has 3 aromatic rings. The van der Waals surface area contributed by atoms with Crippen LogP contribution < -0.4 is 10.3 Å². The number of fused-ring (bicyclic) bond motifs is 1. The van der Waals surface area contributed by atoms with Crippen molar-refractivity contribution in [3.05, 3.63) is 64.4 Å². The quantitative estimate of drug-likeness (QED) is 0.663. The Labute approximate surface area is 137 Å². The number of carbonyl (C=O) groups excluding carboxylic acids is 1. The van der Waals surface area contributed by atoms with E-state index in [1.807, 2.05) is 0 Å². The van der Waals surface area contributed by atoms with Crippen LogP contribution in [0.5, 0.6) is 5.75 Å². The van der Waals surface area contributed by atoms with Gasteiger partial charge < -0.3 is 9.47 Å². The molecular formula is C17H15N3O4. The van der Waals surface area contributed by atoms with Gasteiger partial charge in [-0.2, -0.15) is 0 Å². The smallest absolute Gasteiger partial charge is 0.341 e. The van der Waals surface area contributed by atoms with Crippen LogP contribution in [0.15, 0.2) is 53.3 Å². The SMILES string of the molecule is COC(=O)c1ccccc1OCCn1nnc2ccccc2c1=O. The Kier molecular flexibility index (Phi) is 4.51. The largest absolute Gasteiger partial charge is 0.491 e. The van der Waals surface area contributed by atoms with E-state index in [1.165, 1.54) is 11.8 Å². The molecule has 2 aromatic carbocycles. The van der Waals surface area contributed by atoms with Crippen molar-refractivity contribution in [2.75, 3.05) is 13.7 Å². The van der Waals surface area contributed by atoms with Crippen LogP contribution in [0.4, 0.5) is 0 Å². The molecule has 0 aliphatic carbocycles. The Morgan fingerprint density at radius 1 is 1.12 bits per heavy atom. The minimum Gasteiger partial charge on any atom is -0.491 e. The molecule has 0 fully saturated rings. The Balaban J connectivity index is 1.75. The van der Waals surface area contributed by atoms with Crippen molar-refractivity contribution < 1.29 is 14.3 Å². The number of rotatable bonds is 5. The molecule has 0 aliphatic heterocycles. The molecule has 0 saturated heterocycles. The first-order valence-corrected chi connectivity index (χ1v) is 7.33. The summed E-state index contributed by atoms with van der Waals surface area (Å²) in [6.07, 6.45) is 0. The summed E-state index contributed by atoms with van der Waals surface area (Å²) in [5.74, 6) is -0.0839. The number of methoxy groups -OCH3 is 1. The lowest BCUT2D eigenvalue weighted by molar-refractivity contribution is 0.0595. The van der Waals surface area contributed by atoms with Crippen LogP contribution in [-0.2, 0) is 11.3 Å². The molecular weight excluding hydrogens is 310 g/mol. The van der Waals surface area contributed by atoms with E-state index < -0.39 is 5.97 Å². The van der Waals surface area contributed by atoms with Crippen LogP contribution in [0, 0.1) is 0 Å². The van der Waals surface area contributed by atoms with Crippen LogP contribution >= 0.6 is 0 Å². The molecule has 0 atom stereocenters. The van der Waals surface area contributed by atoms with E-state index in [9.17, 15) is 9.59 Å². The molecule has 0 radical (unpaired) electrons. The molecule has 1 aromatic heterocycles. The number of aromatic nitrogens is 3.